The molecule has 9 N–H and O–H groups in total. The minimum atomic E-state index is -4.51. The van der Waals surface area contributed by atoms with Gasteiger partial charge in [-0.05, 0) is 188 Å². The Labute approximate surface area is 853 Å². The molecule has 0 spiro atoms. The molecule has 4 unspecified atom stereocenters. The molecule has 8 aromatic heterocycles. The Morgan fingerprint density at radius 2 is 0.682 bits per heavy atom. The highest BCUT2D eigenvalue weighted by Gasteiger charge is 2.43. The maximum atomic E-state index is 13.4. The average Bonchev–Trinajstić information content (AvgIpc) is 1.65. The second-order valence-corrected chi connectivity index (χ2v) is 36.3. The largest absolute Gasteiger partial charge is 0.496 e. The number of imide groups is 2. The number of pyridine rings is 4. The van der Waals surface area contributed by atoms with Crippen molar-refractivity contribution in [3.63, 3.8) is 0 Å². The number of hydrogen-bond acceptors (Lipinski definition) is 25. The molecule has 786 valence electrons. The lowest BCUT2D eigenvalue weighted by Gasteiger charge is -2.38. The number of anilines is 4. The van der Waals surface area contributed by atoms with Crippen LogP contribution < -0.4 is 61.7 Å². The van der Waals surface area contributed by atoms with Crippen molar-refractivity contribution in [2.45, 2.75) is 170 Å². The van der Waals surface area contributed by atoms with Crippen LogP contribution in [-0.4, -0.2) is 214 Å². The van der Waals surface area contributed by atoms with E-state index in [1.54, 1.807) is 55.5 Å². The second-order valence-electron chi connectivity index (χ2n) is 35.5. The van der Waals surface area contributed by atoms with E-state index < -0.39 is 47.0 Å². The summed E-state index contributed by atoms with van der Waals surface area (Å²) in [5.41, 5.74) is 21.5. The van der Waals surface area contributed by atoms with Gasteiger partial charge in [0, 0.05) is 127 Å². The van der Waals surface area contributed by atoms with Gasteiger partial charge in [0.1, 0.15) is 89.9 Å². The molecule has 0 aliphatic carbocycles. The number of nitrogens with two attached hydrogens (primary N) is 3. The number of aliphatic hydroxyl groups is 1. The number of nitrogens with zero attached hydrogens (tertiary/aromatic N) is 17. The van der Waals surface area contributed by atoms with Gasteiger partial charge in [-0.2, -0.15) is 73.1 Å². The number of likely N-dealkylation sites (N-methyl/N-ethyl adjacent to an activating group) is 1. The number of nitrogens with one attached hydrogen (secondary N) is 2. The third-order valence-electron chi connectivity index (χ3n) is 26.2. The maximum Gasteiger partial charge on any atom is 0.416 e. The molecular formula is C104H115BrF12N22O9. The predicted molar refractivity (Wildman–Crippen MR) is 545 cm³/mol. The lowest BCUT2D eigenvalue weighted by atomic mass is 10.0. The quantitative estimate of drug-likeness (QED) is 0.00865. The zero-order valence-electron chi connectivity index (χ0n) is 83.9. The average molecular weight is 2130 g/mol. The lowest BCUT2D eigenvalue weighted by Crippen LogP contribution is -2.46. The van der Waals surface area contributed by atoms with Gasteiger partial charge in [-0.25, -0.2) is 19.9 Å². The number of carbonyl (C=O) groups excluding carboxylic acids is 4. The molecule has 0 bridgehead atoms. The molecule has 14 aromatic rings. The summed E-state index contributed by atoms with van der Waals surface area (Å²) in [7, 11) is 5.41. The molecule has 6 aliphatic rings. The van der Waals surface area contributed by atoms with Crippen LogP contribution in [0.5, 0.6) is 23.0 Å². The molecule has 14 heterocycles. The van der Waals surface area contributed by atoms with E-state index in [0.29, 0.717) is 153 Å². The van der Waals surface area contributed by atoms with Crippen molar-refractivity contribution in [1.29, 1.82) is 0 Å². The number of methoxy groups -OCH3 is 4. The fraction of sp³-hybridized carbons (Fsp3) is 0.385. The number of fused-ring (bicyclic) bond motifs is 2. The van der Waals surface area contributed by atoms with Crippen LogP contribution in [0.25, 0.3) is 89.2 Å². The normalized spacial score (nSPS) is 15.9. The summed E-state index contributed by atoms with van der Waals surface area (Å²) >= 11 is 3.21. The summed E-state index contributed by atoms with van der Waals surface area (Å²) in [4.78, 5) is 77.5. The van der Waals surface area contributed by atoms with Crippen molar-refractivity contribution in [2.75, 3.05) is 113 Å². The van der Waals surface area contributed by atoms with E-state index in [0.717, 1.165) is 156 Å². The molecule has 0 fully saturated rings. The van der Waals surface area contributed by atoms with Gasteiger partial charge in [0.25, 0.3) is 23.6 Å². The molecule has 20 rings (SSSR count). The summed E-state index contributed by atoms with van der Waals surface area (Å²) < 4.78 is 187. The Kier molecular flexibility index (Phi) is 33.9. The zero-order chi connectivity index (χ0) is 107. The number of hydrazine groups is 1. The van der Waals surface area contributed by atoms with E-state index in [9.17, 15) is 71.9 Å². The maximum absolute atomic E-state index is 13.4. The van der Waals surface area contributed by atoms with Crippen LogP contribution in [0.2, 0.25) is 0 Å². The highest BCUT2D eigenvalue weighted by Crippen LogP contribution is 2.49. The van der Waals surface area contributed by atoms with Gasteiger partial charge in [0.2, 0.25) is 0 Å². The summed E-state index contributed by atoms with van der Waals surface area (Å²) in [5.74, 6) is 7.44. The lowest BCUT2D eigenvalue weighted by molar-refractivity contribution is -0.138. The van der Waals surface area contributed by atoms with Crippen molar-refractivity contribution < 1.29 is 95.9 Å². The van der Waals surface area contributed by atoms with Crippen molar-refractivity contribution in [1.82, 2.24) is 74.2 Å². The first-order valence-corrected chi connectivity index (χ1v) is 49.2. The van der Waals surface area contributed by atoms with Crippen LogP contribution in [0.15, 0.2) is 146 Å². The fourth-order valence-corrected chi connectivity index (χ4v) is 19.6. The predicted octanol–water partition coefficient (Wildman–Crippen LogP) is 19.1. The van der Waals surface area contributed by atoms with Crippen LogP contribution >= 0.6 is 15.9 Å². The van der Waals surface area contributed by atoms with Gasteiger partial charge in [-0.15, -0.1) is 0 Å². The topological polar surface area (TPSA) is 367 Å². The number of aryl methyl sites for hydroxylation is 4. The van der Waals surface area contributed by atoms with E-state index in [4.69, 9.17) is 55.1 Å². The molecule has 6 aliphatic heterocycles. The molecule has 31 nitrogen and oxygen atoms in total. The van der Waals surface area contributed by atoms with Crippen molar-refractivity contribution in [3.05, 3.63) is 213 Å². The SMILES string of the molecule is CCC1Cn2nc(-c3ccc(C(F)(F)F)cc3OC)c3nc(C)cc(c32)N1.CCC1Cn2nc(-c3ccc(C(F)(F)F)cc3OC)c3nc(C)cc(c32)N1CCN.CCC1Cn2nc(-c3ccc(C(F)(F)F)cc3OC)c3nc(C)cc(c32)N1CCN1C(=O)c2ccccc2C1=O.CCNCCN1c2cc(C)nc3c(-c4ccc(C(F)(F)F)cc4OC)nn(c23)CC1CC.CCO.NN.O=C1c2ccccc2C(=O)N1CCBr. The standard InChI is InChI=1S/C29H26F3N5O3.C23H28F3N5O.C21H24F3N5O.C19H19F3N4O.C10H8BrNO2.C2H6O.H4N2/c1-4-18-15-37-26-22(35(18)11-12-36-27(38)19-7-5-6-8-20(19)28(36)39)13-16(2)33-25(26)24(34-37)21-10-9-17(29(30,31)32)14-23(21)40-3;1-5-16-13-31-22-18(30(16)10-9-27-6-2)11-14(3)28-21(22)20(29-31)17-8-7-15(23(24,25)26)12-19(17)32-4;1-4-14-11-29-20-16(28(14)8-7-25)9-12(2)26-19(20)18(27-29)15-6-5-13(21(22,23)24)10-17(15)30-3;1-4-12-9-26-18-14(24-12)7-10(2)23-17(18)16(25-26)13-6-5-11(19(20,21)22)8-15(13)27-3;11-5-6-12-9(13)7-3-1-2-4-8(7)10(12)14;1-2-3;1-2/h5-10,13-14,18H,4,11-12,15H2,1-3H3;7-8,11-12,16,27H,5-6,9-10,13H2,1-4H3;5-6,9-10,14H,4,7-8,11,25H2,1-3H3;5-8,12,24H,4,9H2,1-3H3;1-4H,5-6H2;3H,2H2,1H3;1-2H2. The van der Waals surface area contributed by atoms with E-state index >= 15 is 0 Å². The molecule has 4 amide bonds. The number of halogens is 13. The Hall–Kier alpha value is -14.1. The van der Waals surface area contributed by atoms with E-state index in [-0.39, 0.29) is 83.9 Å². The van der Waals surface area contributed by atoms with Crippen molar-refractivity contribution in [2.24, 2.45) is 17.4 Å². The van der Waals surface area contributed by atoms with E-state index in [1.807, 2.05) is 64.6 Å². The summed E-state index contributed by atoms with van der Waals surface area (Å²) in [6.45, 7) is 27.4. The van der Waals surface area contributed by atoms with Gasteiger partial charge in [0.05, 0.1) is 122 Å². The van der Waals surface area contributed by atoms with Crippen LogP contribution in [0.1, 0.15) is 154 Å². The third kappa shape index (κ3) is 22.1. The monoisotopic (exact) mass is 2120 g/mol. The van der Waals surface area contributed by atoms with Gasteiger partial charge in [-0.1, -0.05) is 74.8 Å². The number of benzene rings is 6. The van der Waals surface area contributed by atoms with Gasteiger partial charge >= 0.3 is 24.7 Å². The molecule has 0 saturated carbocycles. The van der Waals surface area contributed by atoms with Crippen molar-refractivity contribution in [3.8, 4) is 68.0 Å². The summed E-state index contributed by atoms with van der Waals surface area (Å²) in [6.07, 6.45) is -14.3. The van der Waals surface area contributed by atoms with Crippen LogP contribution in [-0.2, 0) is 50.9 Å². The number of aromatic nitrogens is 12. The van der Waals surface area contributed by atoms with E-state index in [1.165, 1.54) is 62.5 Å². The van der Waals surface area contributed by atoms with Crippen LogP contribution in [0.4, 0.5) is 75.4 Å². The first-order chi connectivity index (χ1) is 70.7. The Morgan fingerprint density at radius 3 is 0.966 bits per heavy atom. The summed E-state index contributed by atoms with van der Waals surface area (Å²) in [6, 6.07) is 36.3. The number of carbonyl (C=O) groups is 4. The number of ether oxygens (including phenoxy) is 4. The Morgan fingerprint density at radius 1 is 0.392 bits per heavy atom. The first kappa shape index (κ1) is 110. The smallest absolute Gasteiger partial charge is 0.416 e. The molecule has 6 aromatic carbocycles. The Bertz CT molecular complexity index is 7180. The number of alkyl halides is 13. The number of hydrogen-bond donors (Lipinski definition) is 6. The van der Waals surface area contributed by atoms with Gasteiger partial charge in [0.15, 0.2) is 0 Å². The Balaban J connectivity index is 0.000000148. The molecule has 4 atom stereocenters. The highest BCUT2D eigenvalue weighted by atomic mass is 79.9. The van der Waals surface area contributed by atoms with E-state index in [2.05, 4.69) is 109 Å². The minimum Gasteiger partial charge on any atom is -0.496 e. The zero-order valence-corrected chi connectivity index (χ0v) is 85.4. The highest BCUT2D eigenvalue weighted by molar-refractivity contribution is 9.09. The molecular weight excluding hydrogens is 2010 g/mol. The van der Waals surface area contributed by atoms with Crippen molar-refractivity contribution >= 4 is 106 Å². The summed E-state index contributed by atoms with van der Waals surface area (Å²) in [5, 5.41) is 34.1. The molecule has 0 saturated heterocycles. The minimum absolute atomic E-state index is 0.00920. The number of aliphatic hydroxyl groups excluding tert-OH is 1. The molecule has 148 heavy (non-hydrogen) atoms. The fourth-order valence-electron chi connectivity index (χ4n) is 19.3. The van der Waals surface area contributed by atoms with Gasteiger partial charge < -0.3 is 55.1 Å². The first-order valence-electron chi connectivity index (χ1n) is 48.1. The van der Waals surface area contributed by atoms with Crippen LogP contribution in [0.3, 0.4) is 0 Å². The van der Waals surface area contributed by atoms with Gasteiger partial charge in [-0.3, -0.25) is 59.4 Å². The third-order valence-corrected chi connectivity index (χ3v) is 26.6. The molecule has 0 radical (unpaired) electrons. The molecule has 44 heteroatoms. The number of amides is 4. The second kappa shape index (κ2) is 45.7. The van der Waals surface area contributed by atoms with Crippen LogP contribution in [0, 0.1) is 27.7 Å². The number of rotatable bonds is 23.